The van der Waals surface area contributed by atoms with Crippen molar-refractivity contribution >= 4 is 35.0 Å². The fourth-order valence-corrected chi connectivity index (χ4v) is 3.17. The van der Waals surface area contributed by atoms with Crippen molar-refractivity contribution in [1.82, 2.24) is 9.80 Å². The van der Waals surface area contributed by atoms with Crippen LogP contribution in [0.3, 0.4) is 0 Å². The lowest BCUT2D eigenvalue weighted by atomic mass is 9.86. The van der Waals surface area contributed by atoms with E-state index in [1.54, 1.807) is 9.80 Å². The first-order valence-corrected chi connectivity index (χ1v) is 6.95. The van der Waals surface area contributed by atoms with Gasteiger partial charge in [0.25, 0.3) is 5.91 Å². The number of amides is 2. The average Bonchev–Trinajstić information content (AvgIpc) is 2.54. The Bertz CT molecular complexity index is 398. The number of carbonyl (C=O) groups excluding carboxylic acids is 2. The van der Waals surface area contributed by atoms with Crippen molar-refractivity contribution < 1.29 is 9.59 Å². The molecule has 102 valence electrons. The monoisotopic (exact) mass is 292 g/mol. The third-order valence-corrected chi connectivity index (χ3v) is 4.27. The van der Waals surface area contributed by atoms with Crippen molar-refractivity contribution in [3.8, 4) is 0 Å². The lowest BCUT2D eigenvalue weighted by molar-refractivity contribution is -0.163. The smallest absolute Gasteiger partial charge is 0.257 e. The molecular weight excluding hydrogens is 275 g/mol. The van der Waals surface area contributed by atoms with Gasteiger partial charge in [-0.3, -0.25) is 9.59 Å². The van der Waals surface area contributed by atoms with Gasteiger partial charge in [-0.2, -0.15) is 0 Å². The number of alkyl halides is 2. The maximum Gasteiger partial charge on any atom is 0.257 e. The van der Waals surface area contributed by atoms with Gasteiger partial charge in [0.05, 0.1) is 0 Å². The van der Waals surface area contributed by atoms with Crippen LogP contribution in [0.25, 0.3) is 0 Å². The molecule has 2 heterocycles. The Morgan fingerprint density at radius 1 is 1.28 bits per heavy atom. The topological polar surface area (TPSA) is 40.6 Å². The fourth-order valence-electron chi connectivity index (χ4n) is 2.93. The number of fused-ring (bicyclic) bond motifs is 1. The number of hydrogen-bond donors (Lipinski definition) is 0. The summed E-state index contributed by atoms with van der Waals surface area (Å²) in [5.74, 6) is -0.211. The number of halogens is 2. The molecule has 6 heteroatoms. The third-order valence-electron chi connectivity index (χ3n) is 3.90. The van der Waals surface area contributed by atoms with Crippen LogP contribution >= 0.6 is 23.2 Å². The molecule has 0 unspecified atom stereocenters. The minimum atomic E-state index is -1.08. The molecule has 0 aromatic heterocycles. The van der Waals surface area contributed by atoms with E-state index in [1.165, 1.54) is 0 Å². The number of carbonyl (C=O) groups is 2. The molecule has 2 aliphatic heterocycles. The van der Waals surface area contributed by atoms with Crippen molar-refractivity contribution in [2.45, 2.75) is 44.1 Å². The van der Waals surface area contributed by atoms with Crippen LogP contribution in [0.5, 0.6) is 0 Å². The van der Waals surface area contributed by atoms with Crippen LogP contribution in [0.15, 0.2) is 0 Å². The fraction of sp³-hybridized carbons (Fsp3) is 0.833. The molecule has 4 nitrogen and oxygen atoms in total. The summed E-state index contributed by atoms with van der Waals surface area (Å²) in [6.07, 6.45) is 1.12. The Labute approximate surface area is 117 Å². The largest absolute Gasteiger partial charge is 0.319 e. The summed E-state index contributed by atoms with van der Waals surface area (Å²) >= 11 is 11.4. The van der Waals surface area contributed by atoms with Crippen LogP contribution in [0, 0.1) is 5.41 Å². The van der Waals surface area contributed by atoms with Crippen LogP contribution in [-0.4, -0.2) is 45.2 Å². The Morgan fingerprint density at radius 3 is 2.44 bits per heavy atom. The van der Waals surface area contributed by atoms with E-state index in [0.29, 0.717) is 25.9 Å². The molecule has 0 aromatic rings. The number of nitrogens with zero attached hydrogens (tertiary/aromatic N) is 2. The molecule has 1 atom stereocenters. The van der Waals surface area contributed by atoms with Gasteiger partial charge in [0, 0.05) is 24.9 Å². The summed E-state index contributed by atoms with van der Waals surface area (Å²) in [6.45, 7) is 7.23. The quantitative estimate of drug-likeness (QED) is 0.694. The van der Waals surface area contributed by atoms with Crippen molar-refractivity contribution in [2.24, 2.45) is 5.41 Å². The zero-order valence-corrected chi connectivity index (χ0v) is 12.4. The van der Waals surface area contributed by atoms with Gasteiger partial charge in [-0.15, -0.1) is 0 Å². The summed E-state index contributed by atoms with van der Waals surface area (Å²) in [5.41, 5.74) is -0.705. The minimum Gasteiger partial charge on any atom is -0.319 e. The van der Waals surface area contributed by atoms with Gasteiger partial charge in [0.2, 0.25) is 5.91 Å². The van der Waals surface area contributed by atoms with E-state index < -0.39 is 10.5 Å². The minimum absolute atomic E-state index is 0.101. The van der Waals surface area contributed by atoms with E-state index in [0.717, 1.165) is 0 Å². The summed E-state index contributed by atoms with van der Waals surface area (Å²) in [7, 11) is 0. The summed E-state index contributed by atoms with van der Waals surface area (Å²) < 4.78 is 0. The normalized spacial score (nSPS) is 30.9. The molecule has 2 aliphatic rings. The van der Waals surface area contributed by atoms with Crippen LogP contribution in [0.1, 0.15) is 33.6 Å². The first-order valence-electron chi connectivity index (χ1n) is 6.07. The second-order valence-corrected chi connectivity index (χ2v) is 7.18. The Hall–Kier alpha value is -0.480. The molecule has 2 rings (SSSR count). The maximum absolute atomic E-state index is 12.2. The Balaban J connectivity index is 2.37. The van der Waals surface area contributed by atoms with Crippen molar-refractivity contribution in [3.63, 3.8) is 0 Å². The van der Waals surface area contributed by atoms with E-state index in [1.807, 2.05) is 20.8 Å². The molecule has 0 bridgehead atoms. The van der Waals surface area contributed by atoms with E-state index in [9.17, 15) is 9.59 Å². The predicted octanol–water partition coefficient (Wildman–Crippen LogP) is 2.00. The van der Waals surface area contributed by atoms with Crippen molar-refractivity contribution in [2.75, 3.05) is 13.1 Å². The summed E-state index contributed by atoms with van der Waals surface area (Å²) in [4.78, 5) is 26.5. The molecule has 0 spiro atoms. The first kappa shape index (κ1) is 13.9. The van der Waals surface area contributed by atoms with E-state index in [-0.39, 0.29) is 17.2 Å². The number of hydrogen-bond acceptors (Lipinski definition) is 2. The molecule has 2 fully saturated rings. The highest BCUT2D eigenvalue weighted by Crippen LogP contribution is 2.42. The Morgan fingerprint density at radius 2 is 1.89 bits per heavy atom. The van der Waals surface area contributed by atoms with Crippen molar-refractivity contribution in [3.05, 3.63) is 0 Å². The molecule has 2 saturated heterocycles. The highest BCUT2D eigenvalue weighted by molar-refractivity contribution is 6.53. The molecule has 0 N–H and O–H groups in total. The van der Waals surface area contributed by atoms with Gasteiger partial charge in [-0.1, -0.05) is 37.0 Å². The molecule has 0 radical (unpaired) electrons. The van der Waals surface area contributed by atoms with Gasteiger partial charge in [0.15, 0.2) is 4.84 Å². The van der Waals surface area contributed by atoms with Crippen LogP contribution in [-0.2, 0) is 9.59 Å². The molecule has 0 aliphatic carbocycles. The lowest BCUT2D eigenvalue weighted by Crippen LogP contribution is -2.67. The first-order chi connectivity index (χ1) is 8.17. The molecule has 18 heavy (non-hydrogen) atoms. The predicted molar refractivity (Wildman–Crippen MR) is 70.3 cm³/mol. The molecule has 2 amide bonds. The van der Waals surface area contributed by atoms with Crippen LogP contribution < -0.4 is 0 Å². The zero-order valence-electron chi connectivity index (χ0n) is 10.9. The maximum atomic E-state index is 12.2. The van der Waals surface area contributed by atoms with Crippen LogP contribution in [0.4, 0.5) is 0 Å². The van der Waals surface area contributed by atoms with E-state index >= 15 is 0 Å². The lowest BCUT2D eigenvalue weighted by Gasteiger charge is -2.54. The highest BCUT2D eigenvalue weighted by atomic mass is 35.5. The number of rotatable bonds is 1. The van der Waals surface area contributed by atoms with Crippen molar-refractivity contribution in [1.29, 1.82) is 0 Å². The SMILES string of the molecule is CC1(C)CN2C(=O)CC[C@]2(C)N(C(=O)C(Cl)Cl)C1. The van der Waals surface area contributed by atoms with E-state index in [4.69, 9.17) is 23.2 Å². The summed E-state index contributed by atoms with van der Waals surface area (Å²) in [5, 5.41) is 0. The van der Waals surface area contributed by atoms with Crippen LogP contribution in [0.2, 0.25) is 0 Å². The zero-order chi connectivity index (χ0) is 13.7. The molecular formula is C12H18Cl2N2O2. The summed E-state index contributed by atoms with van der Waals surface area (Å²) in [6, 6.07) is 0. The van der Waals surface area contributed by atoms with Gasteiger partial charge in [-0.25, -0.2) is 0 Å². The van der Waals surface area contributed by atoms with Gasteiger partial charge in [-0.05, 0) is 13.3 Å². The second-order valence-electron chi connectivity index (χ2n) is 6.09. The van der Waals surface area contributed by atoms with Gasteiger partial charge >= 0.3 is 0 Å². The van der Waals surface area contributed by atoms with E-state index in [2.05, 4.69) is 0 Å². The average molecular weight is 293 g/mol. The van der Waals surface area contributed by atoms with Gasteiger partial charge in [0.1, 0.15) is 5.66 Å². The van der Waals surface area contributed by atoms with Gasteiger partial charge < -0.3 is 9.80 Å². The highest BCUT2D eigenvalue weighted by Gasteiger charge is 2.54. The standard InChI is InChI=1S/C12H18Cl2N2O2/c1-11(2)6-15-8(17)4-5-12(15,3)16(7-11)10(18)9(13)14/h9H,4-7H2,1-3H3/t12-/m0/s1. The third kappa shape index (κ3) is 2.10. The Kier molecular flexibility index (Phi) is 3.31. The molecule has 0 aromatic carbocycles. The second kappa shape index (κ2) is 4.27. The molecule has 0 saturated carbocycles.